The number of sulfonamides is 1. The van der Waals surface area contributed by atoms with Gasteiger partial charge in [-0.15, -0.1) is 0 Å². The van der Waals surface area contributed by atoms with E-state index in [-0.39, 0.29) is 9.92 Å². The molecule has 0 fully saturated rings. The van der Waals surface area contributed by atoms with Crippen molar-refractivity contribution in [2.45, 2.75) is 11.3 Å². The second-order valence-electron chi connectivity index (χ2n) is 3.59. The van der Waals surface area contributed by atoms with Crippen LogP contribution in [0, 0.1) is 0 Å². The second kappa shape index (κ2) is 6.30. The van der Waals surface area contributed by atoms with Gasteiger partial charge in [0.2, 0.25) is 10.0 Å². The maximum atomic E-state index is 12.1. The highest BCUT2D eigenvalue weighted by molar-refractivity contribution is 7.89. The Morgan fingerprint density at radius 1 is 1.53 bits per heavy atom. The Hall–Kier alpha value is -0.690. The summed E-state index contributed by atoms with van der Waals surface area (Å²) in [6, 6.07) is 1.47. The summed E-state index contributed by atoms with van der Waals surface area (Å²) in [7, 11) is -0.177. The van der Waals surface area contributed by atoms with E-state index in [0.717, 1.165) is 13.0 Å². The van der Waals surface area contributed by atoms with Gasteiger partial charge in [-0.3, -0.25) is 4.98 Å². The molecule has 1 aromatic rings. The lowest BCUT2D eigenvalue weighted by Gasteiger charge is -2.17. The van der Waals surface area contributed by atoms with E-state index in [1.807, 2.05) is 7.05 Å². The summed E-state index contributed by atoms with van der Waals surface area (Å²) < 4.78 is 25.5. The van der Waals surface area contributed by atoms with Crippen molar-refractivity contribution in [2.24, 2.45) is 0 Å². The Bertz CT molecular complexity index is 464. The van der Waals surface area contributed by atoms with Crippen LogP contribution < -0.4 is 5.32 Å². The zero-order chi connectivity index (χ0) is 12.9. The van der Waals surface area contributed by atoms with Crippen molar-refractivity contribution in [3.63, 3.8) is 0 Å². The molecule has 96 valence electrons. The average Bonchev–Trinajstić information content (AvgIpc) is 2.29. The fraction of sp³-hybridized carbons (Fsp3) is 0.500. The van der Waals surface area contributed by atoms with Crippen LogP contribution in [0.25, 0.3) is 0 Å². The topological polar surface area (TPSA) is 62.3 Å². The highest BCUT2D eigenvalue weighted by atomic mass is 35.5. The molecule has 0 aliphatic rings. The van der Waals surface area contributed by atoms with Crippen molar-refractivity contribution in [3.8, 4) is 0 Å². The maximum absolute atomic E-state index is 12.1. The van der Waals surface area contributed by atoms with Gasteiger partial charge in [0.15, 0.2) is 0 Å². The van der Waals surface area contributed by atoms with E-state index in [4.69, 9.17) is 11.6 Å². The van der Waals surface area contributed by atoms with Crippen LogP contribution in [0.5, 0.6) is 0 Å². The minimum Gasteiger partial charge on any atom is -0.320 e. The lowest BCUT2D eigenvalue weighted by molar-refractivity contribution is 0.458. The van der Waals surface area contributed by atoms with Crippen LogP contribution in [0.15, 0.2) is 23.4 Å². The van der Waals surface area contributed by atoms with Crippen LogP contribution in [0.2, 0.25) is 5.02 Å². The molecule has 1 N–H and O–H groups in total. The van der Waals surface area contributed by atoms with E-state index in [2.05, 4.69) is 10.3 Å². The molecule has 0 aliphatic heterocycles. The summed E-state index contributed by atoms with van der Waals surface area (Å²) in [4.78, 5) is 3.84. The summed E-state index contributed by atoms with van der Waals surface area (Å²) in [6.07, 6.45) is 3.47. The van der Waals surface area contributed by atoms with Gasteiger partial charge < -0.3 is 5.32 Å². The largest absolute Gasteiger partial charge is 0.320 e. The molecule has 0 amide bonds. The van der Waals surface area contributed by atoms with Gasteiger partial charge in [0, 0.05) is 26.0 Å². The minimum absolute atomic E-state index is 0.0497. The molecule has 0 bridgehead atoms. The Morgan fingerprint density at radius 2 is 2.24 bits per heavy atom. The Kier molecular flexibility index (Phi) is 5.32. The molecule has 0 unspecified atom stereocenters. The van der Waals surface area contributed by atoms with Crippen molar-refractivity contribution in [2.75, 3.05) is 27.2 Å². The summed E-state index contributed by atoms with van der Waals surface area (Å²) in [5, 5.41) is 3.16. The molecule has 0 saturated heterocycles. The van der Waals surface area contributed by atoms with Crippen LogP contribution in [0.1, 0.15) is 6.42 Å². The molecule has 0 atom stereocenters. The summed E-state index contributed by atoms with van der Waals surface area (Å²) in [5.41, 5.74) is 0. The zero-order valence-corrected chi connectivity index (χ0v) is 11.4. The van der Waals surface area contributed by atoms with Gasteiger partial charge in [0.25, 0.3) is 0 Å². The third-order valence-electron chi connectivity index (χ3n) is 2.32. The Morgan fingerprint density at radius 3 is 2.82 bits per heavy atom. The number of hydrogen-bond donors (Lipinski definition) is 1. The van der Waals surface area contributed by atoms with Gasteiger partial charge in [-0.05, 0) is 26.1 Å². The number of halogens is 1. The number of hydrogen-bond acceptors (Lipinski definition) is 4. The normalized spacial score (nSPS) is 12.0. The van der Waals surface area contributed by atoms with E-state index in [1.54, 1.807) is 0 Å². The molecular formula is C10H16ClN3O2S. The number of aromatic nitrogens is 1. The molecule has 5 nitrogen and oxygen atoms in total. The first-order valence-corrected chi connectivity index (χ1v) is 7.02. The van der Waals surface area contributed by atoms with E-state index in [9.17, 15) is 8.42 Å². The molecule has 1 heterocycles. The number of pyridine rings is 1. The van der Waals surface area contributed by atoms with E-state index in [1.165, 1.54) is 29.8 Å². The van der Waals surface area contributed by atoms with E-state index < -0.39 is 10.0 Å². The van der Waals surface area contributed by atoms with Gasteiger partial charge in [-0.25, -0.2) is 12.7 Å². The molecule has 0 aromatic carbocycles. The van der Waals surface area contributed by atoms with Crippen LogP contribution in [-0.4, -0.2) is 44.9 Å². The molecule has 7 heteroatoms. The molecule has 0 radical (unpaired) electrons. The smallest absolute Gasteiger partial charge is 0.245 e. The van der Waals surface area contributed by atoms with Crippen molar-refractivity contribution in [3.05, 3.63) is 23.5 Å². The molecule has 17 heavy (non-hydrogen) atoms. The maximum Gasteiger partial charge on any atom is 0.245 e. The average molecular weight is 278 g/mol. The zero-order valence-electron chi connectivity index (χ0n) is 9.85. The van der Waals surface area contributed by atoms with Gasteiger partial charge >= 0.3 is 0 Å². The highest BCUT2D eigenvalue weighted by Crippen LogP contribution is 2.22. The molecule has 0 aliphatic carbocycles. The fourth-order valence-electron chi connectivity index (χ4n) is 1.32. The first kappa shape index (κ1) is 14.4. The van der Waals surface area contributed by atoms with Crippen molar-refractivity contribution in [1.29, 1.82) is 0 Å². The number of nitrogens with zero attached hydrogens (tertiary/aromatic N) is 2. The molecule has 0 saturated carbocycles. The Balaban J connectivity index is 2.85. The van der Waals surface area contributed by atoms with Crippen LogP contribution in [0.4, 0.5) is 0 Å². The lowest BCUT2D eigenvalue weighted by atomic mass is 10.4. The van der Waals surface area contributed by atoms with E-state index in [0.29, 0.717) is 6.54 Å². The third-order valence-corrected chi connectivity index (χ3v) is 4.65. The summed E-state index contributed by atoms with van der Waals surface area (Å²) in [6.45, 7) is 1.20. The predicted octanol–water partition coefficient (Wildman–Crippen LogP) is 0.965. The van der Waals surface area contributed by atoms with Crippen molar-refractivity contribution in [1.82, 2.24) is 14.6 Å². The van der Waals surface area contributed by atoms with Gasteiger partial charge in [0.1, 0.15) is 4.90 Å². The SMILES string of the molecule is CNCCCN(C)S(=O)(=O)c1cnccc1Cl. The quantitative estimate of drug-likeness (QED) is 0.787. The highest BCUT2D eigenvalue weighted by Gasteiger charge is 2.23. The first-order valence-electron chi connectivity index (χ1n) is 5.20. The summed E-state index contributed by atoms with van der Waals surface area (Å²) >= 11 is 5.86. The molecular weight excluding hydrogens is 262 g/mol. The standard InChI is InChI=1S/C10H16ClN3O2S/c1-12-5-3-7-14(2)17(15,16)10-8-13-6-4-9(10)11/h4,6,8,12H,3,5,7H2,1-2H3. The van der Waals surface area contributed by atoms with Crippen LogP contribution in [-0.2, 0) is 10.0 Å². The van der Waals surface area contributed by atoms with Gasteiger partial charge in [-0.1, -0.05) is 11.6 Å². The van der Waals surface area contributed by atoms with Crippen molar-refractivity contribution >= 4 is 21.6 Å². The van der Waals surface area contributed by atoms with Crippen LogP contribution >= 0.6 is 11.6 Å². The number of nitrogens with one attached hydrogen (secondary N) is 1. The predicted molar refractivity (Wildman–Crippen MR) is 67.6 cm³/mol. The number of rotatable bonds is 6. The first-order chi connectivity index (χ1) is 8.00. The van der Waals surface area contributed by atoms with Gasteiger partial charge in [-0.2, -0.15) is 0 Å². The van der Waals surface area contributed by atoms with Gasteiger partial charge in [0.05, 0.1) is 5.02 Å². The lowest BCUT2D eigenvalue weighted by Crippen LogP contribution is -2.29. The Labute approximate surface area is 107 Å². The third kappa shape index (κ3) is 3.64. The summed E-state index contributed by atoms with van der Waals surface area (Å²) in [5.74, 6) is 0. The van der Waals surface area contributed by atoms with Crippen LogP contribution in [0.3, 0.4) is 0 Å². The molecule has 0 spiro atoms. The minimum atomic E-state index is -3.54. The molecule has 1 aromatic heterocycles. The molecule has 1 rings (SSSR count). The second-order valence-corrected chi connectivity index (χ2v) is 6.01. The monoisotopic (exact) mass is 277 g/mol. The fourth-order valence-corrected chi connectivity index (χ4v) is 2.93. The van der Waals surface area contributed by atoms with Crippen molar-refractivity contribution < 1.29 is 8.42 Å². The van der Waals surface area contributed by atoms with E-state index >= 15 is 0 Å².